The fourth-order valence-electron chi connectivity index (χ4n) is 3.69. The first kappa shape index (κ1) is 19.2. The number of hydrogen-bond donors (Lipinski definition) is 2. The molecule has 1 aliphatic rings. The number of carbonyl (C=O) groups is 2. The molecule has 0 unspecified atom stereocenters. The molecular formula is C23H23N3O2S. The predicted molar refractivity (Wildman–Crippen MR) is 117 cm³/mol. The number of rotatable bonds is 5. The van der Waals surface area contributed by atoms with Crippen molar-refractivity contribution in [2.75, 3.05) is 23.3 Å². The van der Waals surface area contributed by atoms with Crippen LogP contribution >= 0.6 is 11.3 Å². The molecule has 2 N–H and O–H groups in total. The van der Waals surface area contributed by atoms with Crippen LogP contribution in [0.25, 0.3) is 0 Å². The van der Waals surface area contributed by atoms with Crippen LogP contribution in [0.5, 0.6) is 0 Å². The fourth-order valence-corrected chi connectivity index (χ4v) is 4.53. The SMILES string of the molecule is Cc1ccccc1NC(=O)C(=O)NC[C@H](c1cccs1)N1CCc2ccccc21. The van der Waals surface area contributed by atoms with E-state index in [9.17, 15) is 9.59 Å². The second-order valence-corrected chi connectivity index (χ2v) is 8.06. The second kappa shape index (κ2) is 8.49. The summed E-state index contributed by atoms with van der Waals surface area (Å²) in [6.45, 7) is 3.16. The third-order valence-corrected chi connectivity index (χ3v) is 6.20. The Morgan fingerprint density at radius 3 is 2.62 bits per heavy atom. The molecule has 29 heavy (non-hydrogen) atoms. The number of thiophene rings is 1. The average Bonchev–Trinajstić information content (AvgIpc) is 3.40. The fraction of sp³-hybridized carbons (Fsp3) is 0.217. The maximum absolute atomic E-state index is 12.5. The summed E-state index contributed by atoms with van der Waals surface area (Å²) in [6, 6.07) is 19.9. The van der Waals surface area contributed by atoms with Gasteiger partial charge in [0.05, 0.1) is 6.04 Å². The molecule has 0 fully saturated rings. The van der Waals surface area contributed by atoms with E-state index < -0.39 is 11.8 Å². The van der Waals surface area contributed by atoms with Crippen molar-refractivity contribution < 1.29 is 9.59 Å². The number of hydrogen-bond acceptors (Lipinski definition) is 4. The van der Waals surface area contributed by atoms with Gasteiger partial charge in [-0.05, 0) is 48.1 Å². The first-order valence-electron chi connectivity index (χ1n) is 9.66. The Bertz CT molecular complexity index is 1020. The van der Waals surface area contributed by atoms with Crippen LogP contribution in [-0.4, -0.2) is 24.9 Å². The van der Waals surface area contributed by atoms with Crippen LogP contribution in [0, 0.1) is 6.92 Å². The number of anilines is 2. The summed E-state index contributed by atoms with van der Waals surface area (Å²) in [5.74, 6) is -1.27. The lowest BCUT2D eigenvalue weighted by atomic mass is 10.1. The maximum Gasteiger partial charge on any atom is 0.313 e. The van der Waals surface area contributed by atoms with Gasteiger partial charge in [0.25, 0.3) is 0 Å². The van der Waals surface area contributed by atoms with Crippen molar-refractivity contribution in [2.24, 2.45) is 0 Å². The third kappa shape index (κ3) is 4.17. The van der Waals surface area contributed by atoms with E-state index in [-0.39, 0.29) is 6.04 Å². The molecule has 0 bridgehead atoms. The normalized spacial score (nSPS) is 13.6. The van der Waals surface area contributed by atoms with E-state index in [0.29, 0.717) is 12.2 Å². The molecule has 2 amide bonds. The van der Waals surface area contributed by atoms with E-state index in [1.54, 1.807) is 17.4 Å². The summed E-state index contributed by atoms with van der Waals surface area (Å²) in [5, 5.41) is 7.56. The van der Waals surface area contributed by atoms with Crippen molar-refractivity contribution in [3.05, 3.63) is 82.0 Å². The summed E-state index contributed by atoms with van der Waals surface area (Å²) in [7, 11) is 0. The monoisotopic (exact) mass is 405 g/mol. The summed E-state index contributed by atoms with van der Waals surface area (Å²) < 4.78 is 0. The molecular weight excluding hydrogens is 382 g/mol. The van der Waals surface area contributed by atoms with Crippen molar-refractivity contribution >= 4 is 34.5 Å². The standard InChI is InChI=1S/C23H23N3O2S/c1-16-7-2-4-9-18(16)25-23(28)22(27)24-15-20(21-11-6-14-29-21)26-13-12-17-8-3-5-10-19(17)26/h2-11,14,20H,12-13,15H2,1H3,(H,24,27)(H,25,28)/t20-/m1/s1. The van der Waals surface area contributed by atoms with E-state index in [0.717, 1.165) is 18.5 Å². The zero-order valence-electron chi connectivity index (χ0n) is 16.2. The molecule has 2 aromatic carbocycles. The molecule has 3 aromatic rings. The number of amides is 2. The number of carbonyl (C=O) groups excluding carboxylic acids is 2. The van der Waals surface area contributed by atoms with Gasteiger partial charge in [0.2, 0.25) is 0 Å². The summed E-state index contributed by atoms with van der Waals surface area (Å²) >= 11 is 1.66. The van der Waals surface area contributed by atoms with Gasteiger partial charge in [-0.3, -0.25) is 9.59 Å². The molecule has 0 spiro atoms. The lowest BCUT2D eigenvalue weighted by molar-refractivity contribution is -0.136. The van der Waals surface area contributed by atoms with Gasteiger partial charge >= 0.3 is 11.8 Å². The Labute approximate surface area is 174 Å². The number of nitrogens with zero attached hydrogens (tertiary/aromatic N) is 1. The molecule has 0 saturated heterocycles. The van der Waals surface area contributed by atoms with E-state index >= 15 is 0 Å². The first-order chi connectivity index (χ1) is 14.1. The summed E-state index contributed by atoms with van der Waals surface area (Å²) in [5.41, 5.74) is 4.08. The molecule has 0 radical (unpaired) electrons. The van der Waals surface area contributed by atoms with Gasteiger partial charge in [-0.15, -0.1) is 11.3 Å². The van der Waals surface area contributed by atoms with Crippen molar-refractivity contribution in [3.8, 4) is 0 Å². The summed E-state index contributed by atoms with van der Waals surface area (Å²) in [4.78, 5) is 28.3. The van der Waals surface area contributed by atoms with Gasteiger partial charge < -0.3 is 15.5 Å². The molecule has 2 heterocycles. The highest BCUT2D eigenvalue weighted by molar-refractivity contribution is 7.10. The average molecular weight is 406 g/mol. The van der Waals surface area contributed by atoms with Gasteiger partial charge in [-0.25, -0.2) is 0 Å². The number of nitrogens with one attached hydrogen (secondary N) is 2. The topological polar surface area (TPSA) is 61.4 Å². The highest BCUT2D eigenvalue weighted by Crippen LogP contribution is 2.36. The highest BCUT2D eigenvalue weighted by Gasteiger charge is 2.28. The van der Waals surface area contributed by atoms with Crippen LogP contribution in [0.15, 0.2) is 66.0 Å². The Balaban J connectivity index is 1.46. The number of fused-ring (bicyclic) bond motifs is 1. The van der Waals surface area contributed by atoms with Crippen molar-refractivity contribution in [1.29, 1.82) is 0 Å². The molecule has 6 heteroatoms. The van der Waals surface area contributed by atoms with Crippen LogP contribution < -0.4 is 15.5 Å². The van der Waals surface area contributed by atoms with Gasteiger partial charge in [-0.2, -0.15) is 0 Å². The second-order valence-electron chi connectivity index (χ2n) is 7.08. The van der Waals surface area contributed by atoms with Crippen LogP contribution in [0.4, 0.5) is 11.4 Å². The van der Waals surface area contributed by atoms with Crippen LogP contribution in [0.3, 0.4) is 0 Å². The Morgan fingerprint density at radius 2 is 1.83 bits per heavy atom. The molecule has 1 aliphatic heterocycles. The molecule has 0 aliphatic carbocycles. The quantitative estimate of drug-likeness (QED) is 0.633. The largest absolute Gasteiger partial charge is 0.361 e. The van der Waals surface area contributed by atoms with Crippen LogP contribution in [-0.2, 0) is 16.0 Å². The minimum absolute atomic E-state index is 0.00568. The Kier molecular flexibility index (Phi) is 5.62. The van der Waals surface area contributed by atoms with E-state index in [1.165, 1.54) is 16.1 Å². The lowest BCUT2D eigenvalue weighted by Crippen LogP contribution is -2.41. The third-order valence-electron chi connectivity index (χ3n) is 5.23. The highest BCUT2D eigenvalue weighted by atomic mass is 32.1. The lowest BCUT2D eigenvalue weighted by Gasteiger charge is -2.30. The molecule has 1 aromatic heterocycles. The predicted octanol–water partition coefficient (Wildman–Crippen LogP) is 3.92. The zero-order chi connectivity index (χ0) is 20.2. The Morgan fingerprint density at radius 1 is 1.03 bits per heavy atom. The number of aryl methyl sites for hydroxylation is 1. The number of benzene rings is 2. The van der Waals surface area contributed by atoms with Crippen molar-refractivity contribution in [1.82, 2.24) is 5.32 Å². The zero-order valence-corrected chi connectivity index (χ0v) is 17.0. The van der Waals surface area contributed by atoms with E-state index in [2.05, 4.69) is 39.8 Å². The number of para-hydroxylation sites is 2. The molecule has 0 saturated carbocycles. The first-order valence-corrected chi connectivity index (χ1v) is 10.5. The Hall–Kier alpha value is -3.12. The van der Waals surface area contributed by atoms with Crippen LogP contribution in [0.2, 0.25) is 0 Å². The molecule has 5 nitrogen and oxygen atoms in total. The van der Waals surface area contributed by atoms with Gasteiger partial charge in [0, 0.05) is 29.3 Å². The molecule has 4 rings (SSSR count). The van der Waals surface area contributed by atoms with Crippen molar-refractivity contribution in [2.45, 2.75) is 19.4 Å². The van der Waals surface area contributed by atoms with Gasteiger partial charge in [0.15, 0.2) is 0 Å². The minimum Gasteiger partial charge on any atom is -0.361 e. The van der Waals surface area contributed by atoms with Gasteiger partial charge in [0.1, 0.15) is 0 Å². The van der Waals surface area contributed by atoms with Gasteiger partial charge in [-0.1, -0.05) is 42.5 Å². The van der Waals surface area contributed by atoms with E-state index in [1.807, 2.05) is 42.6 Å². The van der Waals surface area contributed by atoms with Crippen LogP contribution in [0.1, 0.15) is 22.0 Å². The smallest absolute Gasteiger partial charge is 0.313 e. The van der Waals surface area contributed by atoms with Crippen molar-refractivity contribution in [3.63, 3.8) is 0 Å². The summed E-state index contributed by atoms with van der Waals surface area (Å²) in [6.07, 6.45) is 0.986. The van der Waals surface area contributed by atoms with E-state index in [4.69, 9.17) is 0 Å². The minimum atomic E-state index is -0.647. The maximum atomic E-state index is 12.5. The molecule has 148 valence electrons. The molecule has 1 atom stereocenters.